The van der Waals surface area contributed by atoms with Gasteiger partial charge in [-0.05, 0) is 53.3 Å². The van der Waals surface area contributed by atoms with Gasteiger partial charge in [-0.15, -0.1) is 0 Å². The van der Waals surface area contributed by atoms with Crippen LogP contribution in [0.3, 0.4) is 0 Å². The highest BCUT2D eigenvalue weighted by molar-refractivity contribution is 14.1. The molecule has 2 N–H and O–H groups in total. The first kappa shape index (κ1) is 7.09. The predicted octanol–water partition coefficient (Wildman–Crippen LogP) is 1.70. The smallest absolute Gasteiger partial charge is 0.248 e. The van der Waals surface area contributed by atoms with Crippen LogP contribution in [0.4, 0.5) is 0 Å². The van der Waals surface area contributed by atoms with E-state index in [4.69, 9.17) is 1.41 Å². The van der Waals surface area contributed by atoms with Crippen molar-refractivity contribution in [2.45, 2.75) is 6.92 Å². The van der Waals surface area contributed by atoms with E-state index in [1.807, 2.05) is 18.7 Å². The molecule has 0 aliphatic carbocycles. The fourth-order valence-electron chi connectivity index (χ4n) is 0.867. The van der Waals surface area contributed by atoms with Crippen molar-refractivity contribution in [2.75, 3.05) is 0 Å². The first-order valence-corrected chi connectivity index (χ1v) is 4.20. The fraction of sp³-hybridized carbons (Fsp3) is 0.125. The maximum Gasteiger partial charge on any atom is 0.248 e. The first-order valence-electron chi connectivity index (χ1n) is 3.63. The van der Waals surface area contributed by atoms with Gasteiger partial charge in [0, 0.05) is 9.13 Å². The van der Waals surface area contributed by atoms with Crippen molar-refractivity contribution in [3.63, 3.8) is 0 Å². The quantitative estimate of drug-likeness (QED) is 0.769. The Bertz CT molecular complexity index is 294. The lowest BCUT2D eigenvalue weighted by Gasteiger charge is -1.98. The summed E-state index contributed by atoms with van der Waals surface area (Å²) in [7, 11) is 0. The zero-order valence-corrected chi connectivity index (χ0v) is 8.18. The molecule has 58 valence electrons. The summed E-state index contributed by atoms with van der Waals surface area (Å²) in [4.78, 5) is 11.0. The highest BCUT2D eigenvalue weighted by Gasteiger charge is 2.00. The number of amides is 1. The molecule has 2 nitrogen and oxygen atoms in total. The van der Waals surface area contributed by atoms with Crippen LogP contribution in [0, 0.1) is 10.5 Å². The molecule has 0 saturated carbocycles. The average molecular weight is 262 g/mol. The van der Waals surface area contributed by atoms with Crippen LogP contribution in [0.5, 0.6) is 0 Å². The Hall–Kier alpha value is -0.580. The zero-order chi connectivity index (χ0) is 9.14. The molecule has 0 bridgehead atoms. The number of hydrogen-bond donors (Lipinski definition) is 1. The monoisotopic (exact) mass is 262 g/mol. The molecule has 3 heteroatoms. The van der Waals surface area contributed by atoms with Crippen molar-refractivity contribution in [3.05, 3.63) is 32.9 Å². The van der Waals surface area contributed by atoms with Gasteiger partial charge in [0.25, 0.3) is 0 Å². The van der Waals surface area contributed by atoms with Crippen LogP contribution in [-0.2, 0) is 0 Å². The van der Waals surface area contributed by atoms with E-state index in [2.05, 4.69) is 22.6 Å². The van der Waals surface area contributed by atoms with Gasteiger partial charge in [-0.2, -0.15) is 0 Å². The van der Waals surface area contributed by atoms with Crippen LogP contribution in [0.15, 0.2) is 18.2 Å². The molecule has 0 aliphatic rings. The number of nitrogens with two attached hydrogens (primary N) is 1. The fourth-order valence-corrected chi connectivity index (χ4v) is 1.69. The van der Waals surface area contributed by atoms with E-state index in [0.29, 0.717) is 5.56 Å². The first-order chi connectivity index (χ1) is 5.63. The summed E-state index contributed by atoms with van der Waals surface area (Å²) in [5.41, 5.74) is 3.41. The highest BCUT2D eigenvalue weighted by Crippen LogP contribution is 2.10. The summed E-state index contributed by atoms with van der Waals surface area (Å²) in [6.45, 7) is 1.92. The van der Waals surface area contributed by atoms with Gasteiger partial charge in [-0.25, -0.2) is 0 Å². The maximum absolute atomic E-state index is 11.0. The number of primary amides is 1. The molecular weight excluding hydrogens is 253 g/mol. The van der Waals surface area contributed by atoms with Crippen LogP contribution >= 0.6 is 22.6 Å². The normalized spacial score (nSPS) is 10.5. The van der Waals surface area contributed by atoms with Gasteiger partial charge < -0.3 is 5.73 Å². The van der Waals surface area contributed by atoms with Gasteiger partial charge in [0.05, 0.1) is 0 Å². The zero-order valence-electron chi connectivity index (χ0n) is 7.02. The van der Waals surface area contributed by atoms with Gasteiger partial charge in [-0.3, -0.25) is 4.79 Å². The van der Waals surface area contributed by atoms with Crippen molar-refractivity contribution in [2.24, 2.45) is 5.73 Å². The van der Waals surface area contributed by atoms with Crippen LogP contribution in [-0.4, -0.2) is 5.91 Å². The molecule has 0 atom stereocenters. The molecule has 0 radical (unpaired) electrons. The minimum absolute atomic E-state index is 0.364. The standard InChI is InChI=1S/C8H8INO/c1-5-2-6(8(10)11)4-7(9)3-5/h2-4H,1H3,(H2,10,11)/i/hD. The van der Waals surface area contributed by atoms with Gasteiger partial charge >= 0.3 is 0 Å². The molecule has 11 heavy (non-hydrogen) atoms. The average Bonchev–Trinajstić information content (AvgIpc) is 2.01. The van der Waals surface area contributed by atoms with Crippen LogP contribution in [0.1, 0.15) is 15.9 Å². The summed E-state index contributed by atoms with van der Waals surface area (Å²) in [6.07, 6.45) is 0. The van der Waals surface area contributed by atoms with E-state index in [9.17, 15) is 4.79 Å². The summed E-state index contributed by atoms with van der Waals surface area (Å²) in [5.74, 6) is -0.364. The molecule has 0 aliphatic heterocycles. The third-order valence-electron chi connectivity index (χ3n) is 1.30. The van der Waals surface area contributed by atoms with Crippen molar-refractivity contribution in [3.8, 4) is 0 Å². The largest absolute Gasteiger partial charge is 0.366 e. The number of aryl methyl sites for hydroxylation is 1. The molecule has 0 aromatic heterocycles. The second-order valence-corrected chi connectivity index (χ2v) is 3.59. The van der Waals surface area contributed by atoms with E-state index in [-0.39, 0.29) is 5.91 Å². The highest BCUT2D eigenvalue weighted by atomic mass is 127. The molecule has 0 fully saturated rings. The molecule has 0 saturated heterocycles. The Morgan fingerprint density at radius 3 is 2.91 bits per heavy atom. The van der Waals surface area contributed by atoms with Crippen molar-refractivity contribution >= 4 is 28.5 Å². The predicted molar refractivity (Wildman–Crippen MR) is 52.4 cm³/mol. The molecule has 0 heterocycles. The van der Waals surface area contributed by atoms with E-state index in [1.165, 1.54) is 0 Å². The second-order valence-electron chi connectivity index (χ2n) is 2.35. The number of carbonyl (C=O) groups excluding carboxylic acids is 1. The molecule has 1 aromatic rings. The number of carbonyl (C=O) groups is 1. The minimum Gasteiger partial charge on any atom is -0.366 e. The Morgan fingerprint density at radius 1 is 1.64 bits per heavy atom. The number of rotatable bonds is 1. The van der Waals surface area contributed by atoms with Gasteiger partial charge in [0.15, 0.2) is 1.41 Å². The minimum atomic E-state index is -0.364. The number of halogens is 1. The van der Waals surface area contributed by atoms with E-state index >= 15 is 0 Å². The Morgan fingerprint density at radius 2 is 2.36 bits per heavy atom. The van der Waals surface area contributed by atoms with Crippen molar-refractivity contribution in [1.82, 2.24) is 0 Å². The lowest BCUT2D eigenvalue weighted by Crippen LogP contribution is -2.11. The topological polar surface area (TPSA) is 43.1 Å². The molecule has 1 aromatic carbocycles. The van der Waals surface area contributed by atoms with Crippen molar-refractivity contribution < 1.29 is 6.21 Å². The maximum atomic E-state index is 11.0. The summed E-state index contributed by atoms with van der Waals surface area (Å²) in [6, 6.07) is 5.48. The third-order valence-corrected chi connectivity index (χ3v) is 1.93. The molecule has 1 amide bonds. The van der Waals surface area contributed by atoms with Gasteiger partial charge in [0.2, 0.25) is 5.91 Å². The van der Waals surface area contributed by atoms with E-state index in [0.717, 1.165) is 9.13 Å². The molecule has 0 unspecified atom stereocenters. The Labute approximate surface area is 80.4 Å². The summed E-state index contributed by atoms with van der Waals surface area (Å²) < 4.78 is 7.69. The lowest BCUT2D eigenvalue weighted by atomic mass is 10.1. The third kappa shape index (κ3) is 2.18. The molecule has 0 spiro atoms. The molecular formula is C8H8INO. The second kappa shape index (κ2) is 3.21. The summed E-state index contributed by atoms with van der Waals surface area (Å²) in [5, 5.41) is 0. The van der Waals surface area contributed by atoms with Crippen LogP contribution in [0.2, 0.25) is 1.41 Å². The van der Waals surface area contributed by atoms with E-state index in [1.54, 1.807) is 12.1 Å². The number of benzene rings is 1. The van der Waals surface area contributed by atoms with Crippen molar-refractivity contribution in [1.29, 1.82) is 0 Å². The number of hydrogen-bond acceptors (Lipinski definition) is 1. The summed E-state index contributed by atoms with van der Waals surface area (Å²) >= 11 is 2.14. The Balaban J connectivity index is 3.08. The Kier molecular flexibility index (Phi) is 2.07. The van der Waals surface area contributed by atoms with Crippen LogP contribution < -0.4 is 5.73 Å². The van der Waals surface area contributed by atoms with Gasteiger partial charge in [-0.1, -0.05) is 0 Å². The van der Waals surface area contributed by atoms with Crippen LogP contribution in [0.25, 0.3) is 0 Å². The lowest BCUT2D eigenvalue weighted by molar-refractivity contribution is 0.1000. The molecule has 1 rings (SSSR count). The van der Waals surface area contributed by atoms with E-state index < -0.39 is 0 Å². The SMILES string of the molecule is [2H]NC(=O)c1cc(C)cc(I)c1. The van der Waals surface area contributed by atoms with Gasteiger partial charge in [0.1, 0.15) is 0 Å².